The molecule has 20 heavy (non-hydrogen) atoms. The zero-order valence-corrected chi connectivity index (χ0v) is 11.3. The molecule has 7 nitrogen and oxygen atoms in total. The normalized spacial score (nSPS) is 11.1. The second-order valence-corrected chi connectivity index (χ2v) is 6.09. The molecule has 0 unspecified atom stereocenters. The van der Waals surface area contributed by atoms with Crippen LogP contribution in [0.4, 0.5) is 17.1 Å². The van der Waals surface area contributed by atoms with Crippen molar-refractivity contribution in [3.63, 3.8) is 0 Å². The fraction of sp³-hybridized carbons (Fsp3) is 0.0833. The lowest BCUT2D eigenvalue weighted by atomic mass is 10.3. The zero-order chi connectivity index (χ0) is 14.8. The van der Waals surface area contributed by atoms with E-state index in [1.165, 1.54) is 24.4 Å². The Bertz CT molecular complexity index is 742. The van der Waals surface area contributed by atoms with E-state index in [1.807, 2.05) is 0 Å². The van der Waals surface area contributed by atoms with Crippen LogP contribution in [0.15, 0.2) is 47.6 Å². The van der Waals surface area contributed by atoms with E-state index < -0.39 is 14.8 Å². The van der Waals surface area contributed by atoms with Crippen LogP contribution >= 0.6 is 0 Å². The van der Waals surface area contributed by atoms with Crippen LogP contribution in [0.1, 0.15) is 0 Å². The Balaban J connectivity index is 2.30. The van der Waals surface area contributed by atoms with Gasteiger partial charge in [-0.1, -0.05) is 0 Å². The van der Waals surface area contributed by atoms with E-state index in [2.05, 4.69) is 10.3 Å². The van der Waals surface area contributed by atoms with Crippen molar-refractivity contribution in [3.8, 4) is 0 Å². The lowest BCUT2D eigenvalue weighted by molar-refractivity contribution is -0.384. The molecule has 1 aromatic carbocycles. The van der Waals surface area contributed by atoms with Gasteiger partial charge in [-0.05, 0) is 30.3 Å². The molecule has 0 aliphatic carbocycles. The molecule has 2 aromatic rings. The number of aromatic nitrogens is 1. The van der Waals surface area contributed by atoms with Gasteiger partial charge in [0.05, 0.1) is 9.82 Å². The summed E-state index contributed by atoms with van der Waals surface area (Å²) in [5, 5.41) is 13.7. The number of nitrogens with zero attached hydrogens (tertiary/aromatic N) is 2. The van der Waals surface area contributed by atoms with Gasteiger partial charge in [-0.3, -0.25) is 15.1 Å². The van der Waals surface area contributed by atoms with Gasteiger partial charge < -0.3 is 5.32 Å². The third-order valence-electron chi connectivity index (χ3n) is 2.56. The Morgan fingerprint density at radius 3 is 2.40 bits per heavy atom. The van der Waals surface area contributed by atoms with Crippen molar-refractivity contribution in [2.45, 2.75) is 4.90 Å². The van der Waals surface area contributed by atoms with E-state index in [-0.39, 0.29) is 16.3 Å². The summed E-state index contributed by atoms with van der Waals surface area (Å²) in [6.45, 7) is 0. The van der Waals surface area contributed by atoms with Crippen LogP contribution in [0.2, 0.25) is 0 Å². The predicted molar refractivity (Wildman–Crippen MR) is 73.7 cm³/mol. The van der Waals surface area contributed by atoms with Gasteiger partial charge in [0.15, 0.2) is 9.84 Å². The molecular weight excluding hydrogens is 282 g/mol. The molecule has 8 heteroatoms. The molecule has 0 aliphatic rings. The Morgan fingerprint density at radius 1 is 1.20 bits per heavy atom. The quantitative estimate of drug-likeness (QED) is 0.684. The highest BCUT2D eigenvalue weighted by molar-refractivity contribution is 7.90. The number of sulfone groups is 1. The SMILES string of the molecule is CS(=O)(=O)c1ccc(Nc2ccncc2[N+](=O)[O-])cc1. The Kier molecular flexibility index (Phi) is 3.66. The van der Waals surface area contributed by atoms with E-state index in [1.54, 1.807) is 12.1 Å². The highest BCUT2D eigenvalue weighted by Crippen LogP contribution is 2.26. The second-order valence-electron chi connectivity index (χ2n) is 4.07. The molecule has 2 rings (SSSR count). The minimum atomic E-state index is -3.26. The number of nitrogens with one attached hydrogen (secondary N) is 1. The maximum absolute atomic E-state index is 11.3. The number of nitro groups is 1. The Morgan fingerprint density at radius 2 is 1.85 bits per heavy atom. The highest BCUT2D eigenvalue weighted by Gasteiger charge is 2.13. The summed E-state index contributed by atoms with van der Waals surface area (Å²) >= 11 is 0. The molecule has 0 bridgehead atoms. The number of hydrogen-bond acceptors (Lipinski definition) is 6. The van der Waals surface area contributed by atoms with Gasteiger partial charge in [0.25, 0.3) is 0 Å². The Hall–Kier alpha value is -2.48. The zero-order valence-electron chi connectivity index (χ0n) is 10.5. The molecule has 0 amide bonds. The second kappa shape index (κ2) is 5.25. The first-order valence-corrected chi connectivity index (χ1v) is 7.42. The third-order valence-corrected chi connectivity index (χ3v) is 3.69. The van der Waals surface area contributed by atoms with E-state index in [4.69, 9.17) is 0 Å². The van der Waals surface area contributed by atoms with Crippen molar-refractivity contribution in [1.82, 2.24) is 4.98 Å². The molecule has 1 heterocycles. The number of anilines is 2. The van der Waals surface area contributed by atoms with Crippen LogP contribution in [0.25, 0.3) is 0 Å². The summed E-state index contributed by atoms with van der Waals surface area (Å²) in [6, 6.07) is 7.43. The first-order valence-electron chi connectivity index (χ1n) is 5.53. The predicted octanol–water partition coefficient (Wildman–Crippen LogP) is 2.14. The van der Waals surface area contributed by atoms with E-state index >= 15 is 0 Å². The number of hydrogen-bond donors (Lipinski definition) is 1. The number of benzene rings is 1. The molecule has 1 N–H and O–H groups in total. The van der Waals surface area contributed by atoms with Crippen molar-refractivity contribution in [2.75, 3.05) is 11.6 Å². The fourth-order valence-electron chi connectivity index (χ4n) is 1.58. The third kappa shape index (κ3) is 3.09. The minimum Gasteiger partial charge on any atom is -0.350 e. The van der Waals surface area contributed by atoms with Gasteiger partial charge in [0, 0.05) is 18.1 Å². The van der Waals surface area contributed by atoms with Crippen LogP contribution < -0.4 is 5.32 Å². The van der Waals surface area contributed by atoms with Crippen molar-refractivity contribution < 1.29 is 13.3 Å². The fourth-order valence-corrected chi connectivity index (χ4v) is 2.21. The summed E-state index contributed by atoms with van der Waals surface area (Å²) < 4.78 is 22.7. The van der Waals surface area contributed by atoms with Crippen LogP contribution in [0.5, 0.6) is 0 Å². The first kappa shape index (κ1) is 13.9. The standard InChI is InChI=1S/C12H11N3O4S/c1-20(18,19)10-4-2-9(3-5-10)14-11-6-7-13-8-12(11)15(16)17/h2-8H,1H3,(H,13,14). The molecule has 0 spiro atoms. The molecule has 0 radical (unpaired) electrons. The summed E-state index contributed by atoms with van der Waals surface area (Å²) in [6.07, 6.45) is 3.69. The smallest absolute Gasteiger partial charge is 0.310 e. The molecule has 1 aromatic heterocycles. The summed E-state index contributed by atoms with van der Waals surface area (Å²) in [4.78, 5) is 14.2. The summed E-state index contributed by atoms with van der Waals surface area (Å²) in [5.41, 5.74) is 0.684. The topological polar surface area (TPSA) is 102 Å². The average Bonchev–Trinajstić information content (AvgIpc) is 2.38. The maximum Gasteiger partial charge on any atom is 0.310 e. The van der Waals surface area contributed by atoms with Gasteiger partial charge in [-0.2, -0.15) is 0 Å². The van der Waals surface area contributed by atoms with Crippen LogP contribution in [0.3, 0.4) is 0 Å². The molecule has 104 valence electrons. The van der Waals surface area contributed by atoms with Crippen molar-refractivity contribution in [2.24, 2.45) is 0 Å². The highest BCUT2D eigenvalue weighted by atomic mass is 32.2. The molecule has 0 fully saturated rings. The lowest BCUT2D eigenvalue weighted by Crippen LogP contribution is -1.99. The Labute approximate surface area is 115 Å². The van der Waals surface area contributed by atoms with Crippen LogP contribution in [-0.2, 0) is 9.84 Å². The molecule has 0 atom stereocenters. The molecule has 0 saturated heterocycles. The van der Waals surface area contributed by atoms with Crippen LogP contribution in [-0.4, -0.2) is 24.6 Å². The monoisotopic (exact) mass is 293 g/mol. The van der Waals surface area contributed by atoms with Gasteiger partial charge in [0.1, 0.15) is 11.9 Å². The van der Waals surface area contributed by atoms with Gasteiger partial charge in [-0.25, -0.2) is 8.42 Å². The average molecular weight is 293 g/mol. The van der Waals surface area contributed by atoms with E-state index in [9.17, 15) is 18.5 Å². The maximum atomic E-state index is 11.3. The summed E-state index contributed by atoms with van der Waals surface area (Å²) in [7, 11) is -3.26. The van der Waals surface area contributed by atoms with Crippen molar-refractivity contribution in [1.29, 1.82) is 0 Å². The van der Waals surface area contributed by atoms with Gasteiger partial charge in [0.2, 0.25) is 0 Å². The van der Waals surface area contributed by atoms with Gasteiger partial charge >= 0.3 is 5.69 Å². The van der Waals surface area contributed by atoms with Gasteiger partial charge in [-0.15, -0.1) is 0 Å². The van der Waals surface area contributed by atoms with Crippen molar-refractivity contribution >= 4 is 26.9 Å². The molecular formula is C12H11N3O4S. The molecule has 0 aliphatic heterocycles. The lowest BCUT2D eigenvalue weighted by Gasteiger charge is -2.07. The number of rotatable bonds is 4. The summed E-state index contributed by atoms with van der Waals surface area (Å²) in [5.74, 6) is 0. The first-order chi connectivity index (χ1) is 9.38. The van der Waals surface area contributed by atoms with E-state index in [0.29, 0.717) is 5.69 Å². The largest absolute Gasteiger partial charge is 0.350 e. The minimum absolute atomic E-state index is 0.153. The molecule has 0 saturated carbocycles. The number of pyridine rings is 1. The van der Waals surface area contributed by atoms with Crippen molar-refractivity contribution in [3.05, 3.63) is 52.8 Å². The van der Waals surface area contributed by atoms with Crippen LogP contribution in [0, 0.1) is 10.1 Å². The van der Waals surface area contributed by atoms with E-state index in [0.717, 1.165) is 12.5 Å².